The lowest BCUT2D eigenvalue weighted by molar-refractivity contribution is 0.504. The Morgan fingerprint density at radius 1 is 1.50 bits per heavy atom. The lowest BCUT2D eigenvalue weighted by Gasteiger charge is -2.24. The molecule has 2 aliphatic rings. The van der Waals surface area contributed by atoms with Crippen LogP contribution in [-0.2, 0) is 19.0 Å². The fraction of sp³-hybridized carbons (Fsp3) is 0.600. The second-order valence-electron chi connectivity index (χ2n) is 4.18. The first kappa shape index (κ1) is 6.72. The van der Waals surface area contributed by atoms with Crippen LogP contribution in [0.25, 0.3) is 0 Å². The van der Waals surface area contributed by atoms with Gasteiger partial charge >= 0.3 is 0 Å². The van der Waals surface area contributed by atoms with E-state index in [1.165, 1.54) is 24.9 Å². The standard InChI is InChI=1S/C10H14N2/c1-12-5-2-8-6-11-7-10(3-4-10)9(8)12/h2,5,11H,3-4,6-7H2,1H3. The number of aromatic nitrogens is 1. The minimum Gasteiger partial charge on any atom is -0.354 e. The predicted octanol–water partition coefficient (Wildman–Crippen LogP) is 1.16. The molecule has 2 heteroatoms. The number of nitrogens with one attached hydrogen (secondary N) is 1. The molecule has 1 aromatic rings. The average molecular weight is 162 g/mol. The van der Waals surface area contributed by atoms with Crippen molar-refractivity contribution in [2.45, 2.75) is 24.8 Å². The zero-order valence-electron chi connectivity index (χ0n) is 7.43. The van der Waals surface area contributed by atoms with E-state index in [9.17, 15) is 0 Å². The minimum atomic E-state index is 0.534. The summed E-state index contributed by atoms with van der Waals surface area (Å²) in [5.41, 5.74) is 3.65. The van der Waals surface area contributed by atoms with E-state index >= 15 is 0 Å². The zero-order valence-corrected chi connectivity index (χ0v) is 7.43. The summed E-state index contributed by atoms with van der Waals surface area (Å²) >= 11 is 0. The topological polar surface area (TPSA) is 17.0 Å². The third-order valence-corrected chi connectivity index (χ3v) is 3.29. The summed E-state index contributed by atoms with van der Waals surface area (Å²) in [5.74, 6) is 0. The van der Waals surface area contributed by atoms with E-state index in [1.54, 1.807) is 5.69 Å². The summed E-state index contributed by atoms with van der Waals surface area (Å²) in [6.07, 6.45) is 4.95. The van der Waals surface area contributed by atoms with Crippen molar-refractivity contribution in [3.05, 3.63) is 23.5 Å². The number of hydrogen-bond donors (Lipinski definition) is 1. The summed E-state index contributed by atoms with van der Waals surface area (Å²) in [6.45, 7) is 2.26. The van der Waals surface area contributed by atoms with Crippen molar-refractivity contribution in [2.75, 3.05) is 6.54 Å². The third kappa shape index (κ3) is 0.686. The smallest absolute Gasteiger partial charge is 0.0292 e. The fourth-order valence-corrected chi connectivity index (χ4v) is 2.52. The van der Waals surface area contributed by atoms with Crippen molar-refractivity contribution < 1.29 is 0 Å². The molecular formula is C10H14N2. The lowest BCUT2D eigenvalue weighted by atomic mass is 9.95. The van der Waals surface area contributed by atoms with Crippen LogP contribution in [-0.4, -0.2) is 11.1 Å². The summed E-state index contributed by atoms with van der Waals surface area (Å²) in [7, 11) is 2.17. The van der Waals surface area contributed by atoms with E-state index in [1.807, 2.05) is 0 Å². The molecule has 12 heavy (non-hydrogen) atoms. The van der Waals surface area contributed by atoms with Crippen molar-refractivity contribution >= 4 is 0 Å². The summed E-state index contributed by atoms with van der Waals surface area (Å²) in [5, 5.41) is 3.49. The van der Waals surface area contributed by atoms with Gasteiger partial charge in [0.2, 0.25) is 0 Å². The van der Waals surface area contributed by atoms with Crippen molar-refractivity contribution in [2.24, 2.45) is 7.05 Å². The molecule has 0 saturated heterocycles. The second-order valence-corrected chi connectivity index (χ2v) is 4.18. The summed E-state index contributed by atoms with van der Waals surface area (Å²) in [4.78, 5) is 0. The van der Waals surface area contributed by atoms with Gasteiger partial charge in [0.15, 0.2) is 0 Å². The Morgan fingerprint density at radius 2 is 2.33 bits per heavy atom. The average Bonchev–Trinajstić information content (AvgIpc) is 2.71. The number of hydrogen-bond acceptors (Lipinski definition) is 1. The largest absolute Gasteiger partial charge is 0.354 e. The van der Waals surface area contributed by atoms with Gasteiger partial charge in [0.1, 0.15) is 0 Å². The van der Waals surface area contributed by atoms with Crippen LogP contribution in [0.1, 0.15) is 24.1 Å². The van der Waals surface area contributed by atoms with Crippen LogP contribution < -0.4 is 5.32 Å². The van der Waals surface area contributed by atoms with Gasteiger partial charge in [-0.3, -0.25) is 0 Å². The van der Waals surface area contributed by atoms with Gasteiger partial charge < -0.3 is 9.88 Å². The Kier molecular flexibility index (Phi) is 1.09. The molecule has 1 aliphatic carbocycles. The van der Waals surface area contributed by atoms with Crippen LogP contribution in [0.2, 0.25) is 0 Å². The SMILES string of the molecule is Cn1ccc2c1C1(CC1)CNC2. The molecule has 1 saturated carbocycles. The predicted molar refractivity (Wildman–Crippen MR) is 48.0 cm³/mol. The fourth-order valence-electron chi connectivity index (χ4n) is 2.52. The van der Waals surface area contributed by atoms with Gasteiger partial charge in [0.05, 0.1) is 0 Å². The van der Waals surface area contributed by atoms with Crippen LogP contribution in [0.3, 0.4) is 0 Å². The molecular weight excluding hydrogens is 148 g/mol. The lowest BCUT2D eigenvalue weighted by Crippen LogP contribution is -2.34. The van der Waals surface area contributed by atoms with E-state index in [4.69, 9.17) is 0 Å². The molecule has 0 bridgehead atoms. The molecule has 64 valence electrons. The van der Waals surface area contributed by atoms with Crippen molar-refractivity contribution in [3.63, 3.8) is 0 Å². The van der Waals surface area contributed by atoms with Crippen LogP contribution in [0.4, 0.5) is 0 Å². The van der Waals surface area contributed by atoms with Gasteiger partial charge in [-0.05, 0) is 24.5 Å². The Labute approximate surface area is 72.6 Å². The van der Waals surface area contributed by atoms with Gasteiger partial charge in [-0.2, -0.15) is 0 Å². The summed E-state index contributed by atoms with van der Waals surface area (Å²) < 4.78 is 2.31. The first-order chi connectivity index (χ1) is 5.82. The molecule has 2 heterocycles. The Bertz CT molecular complexity index is 321. The maximum atomic E-state index is 3.49. The molecule has 1 aromatic heterocycles. The Balaban J connectivity index is 2.19. The highest BCUT2D eigenvalue weighted by Gasteiger charge is 2.48. The molecule has 1 aliphatic heterocycles. The molecule has 0 unspecified atom stereocenters. The molecule has 1 spiro atoms. The number of rotatable bonds is 0. The molecule has 2 nitrogen and oxygen atoms in total. The zero-order chi connectivity index (χ0) is 8.18. The van der Waals surface area contributed by atoms with Crippen molar-refractivity contribution in [1.82, 2.24) is 9.88 Å². The van der Waals surface area contributed by atoms with Gasteiger partial charge in [-0.15, -0.1) is 0 Å². The quantitative estimate of drug-likeness (QED) is 0.605. The molecule has 1 N–H and O–H groups in total. The van der Waals surface area contributed by atoms with Gasteiger partial charge in [0.25, 0.3) is 0 Å². The molecule has 0 radical (unpaired) electrons. The molecule has 0 atom stereocenters. The monoisotopic (exact) mass is 162 g/mol. The molecule has 0 amide bonds. The highest BCUT2D eigenvalue weighted by atomic mass is 15.0. The summed E-state index contributed by atoms with van der Waals surface area (Å²) in [6, 6.07) is 2.25. The number of aryl methyl sites for hydroxylation is 1. The number of nitrogens with zero attached hydrogens (tertiary/aromatic N) is 1. The van der Waals surface area contributed by atoms with Crippen LogP contribution in [0, 0.1) is 0 Å². The molecule has 0 aromatic carbocycles. The minimum absolute atomic E-state index is 0.534. The highest BCUT2D eigenvalue weighted by molar-refractivity contribution is 5.37. The Morgan fingerprint density at radius 3 is 3.08 bits per heavy atom. The van der Waals surface area contributed by atoms with E-state index in [0.29, 0.717) is 5.41 Å². The Hall–Kier alpha value is -0.760. The first-order valence-electron chi connectivity index (χ1n) is 4.67. The van der Waals surface area contributed by atoms with Crippen LogP contribution in [0.5, 0.6) is 0 Å². The van der Waals surface area contributed by atoms with Gasteiger partial charge in [-0.25, -0.2) is 0 Å². The third-order valence-electron chi connectivity index (χ3n) is 3.29. The van der Waals surface area contributed by atoms with Crippen molar-refractivity contribution in [1.29, 1.82) is 0 Å². The van der Waals surface area contributed by atoms with E-state index < -0.39 is 0 Å². The van der Waals surface area contributed by atoms with E-state index in [0.717, 1.165) is 6.54 Å². The van der Waals surface area contributed by atoms with Gasteiger partial charge in [0, 0.05) is 37.4 Å². The molecule has 3 rings (SSSR count). The van der Waals surface area contributed by atoms with Crippen LogP contribution in [0.15, 0.2) is 12.3 Å². The van der Waals surface area contributed by atoms with E-state index in [-0.39, 0.29) is 0 Å². The van der Waals surface area contributed by atoms with Crippen LogP contribution >= 0.6 is 0 Å². The maximum absolute atomic E-state index is 3.49. The highest BCUT2D eigenvalue weighted by Crippen LogP contribution is 2.50. The van der Waals surface area contributed by atoms with Gasteiger partial charge in [-0.1, -0.05) is 0 Å². The maximum Gasteiger partial charge on any atom is 0.0292 e. The first-order valence-corrected chi connectivity index (χ1v) is 4.67. The van der Waals surface area contributed by atoms with Crippen molar-refractivity contribution in [3.8, 4) is 0 Å². The normalized spacial score (nSPS) is 24.1. The van der Waals surface area contributed by atoms with E-state index in [2.05, 4.69) is 29.2 Å². The number of fused-ring (bicyclic) bond motifs is 2. The second kappa shape index (κ2) is 1.94. The molecule has 1 fully saturated rings.